The van der Waals surface area contributed by atoms with Gasteiger partial charge in [-0.05, 0) is 42.7 Å². The lowest BCUT2D eigenvalue weighted by Crippen LogP contribution is -2.37. The van der Waals surface area contributed by atoms with Gasteiger partial charge in [-0.3, -0.25) is 0 Å². The van der Waals surface area contributed by atoms with Gasteiger partial charge in [0, 0.05) is 19.0 Å². The maximum Gasteiger partial charge on any atom is 0.321 e. The molecule has 2 amide bonds. The number of halogens is 1. The number of hydrogen-bond donors (Lipinski definition) is 1. The highest BCUT2D eigenvalue weighted by Crippen LogP contribution is 2.28. The molecule has 1 unspecified atom stereocenters. The summed E-state index contributed by atoms with van der Waals surface area (Å²) >= 11 is 6.15. The van der Waals surface area contributed by atoms with Gasteiger partial charge in [-0.1, -0.05) is 42.3 Å². The molecule has 0 spiro atoms. The number of hydrogen-bond acceptors (Lipinski definition) is 2. The molecule has 1 aliphatic rings. The molecule has 2 aromatic rings. The molecule has 4 nitrogen and oxygen atoms in total. The number of nitrogens with one attached hydrogen (secondary N) is 1. The molecule has 0 aromatic heterocycles. The summed E-state index contributed by atoms with van der Waals surface area (Å²) in [5.41, 5.74) is 1.90. The number of carbonyl (C=O) groups excluding carboxylic acids is 1. The van der Waals surface area contributed by atoms with Crippen LogP contribution in [0.1, 0.15) is 30.7 Å². The van der Waals surface area contributed by atoms with Gasteiger partial charge in [0.25, 0.3) is 0 Å². The van der Waals surface area contributed by atoms with Gasteiger partial charge in [-0.2, -0.15) is 0 Å². The molecule has 1 fully saturated rings. The number of benzene rings is 2. The van der Waals surface area contributed by atoms with Gasteiger partial charge in [-0.15, -0.1) is 0 Å². The number of ether oxygens (including phenoxy) is 1. The molecule has 1 atom stereocenters. The molecular weight excluding hydrogens is 336 g/mol. The van der Waals surface area contributed by atoms with Crippen LogP contribution < -0.4 is 10.1 Å². The van der Waals surface area contributed by atoms with Crippen LogP contribution in [-0.2, 0) is 0 Å². The lowest BCUT2D eigenvalue weighted by molar-refractivity contribution is 0.211. The molecule has 1 N–H and O–H groups in total. The zero-order valence-corrected chi connectivity index (χ0v) is 15.1. The monoisotopic (exact) mass is 358 g/mol. The van der Waals surface area contributed by atoms with Crippen molar-refractivity contribution in [2.24, 2.45) is 0 Å². The summed E-state index contributed by atoms with van der Waals surface area (Å²) in [6.07, 6.45) is 3.22. The molecule has 0 radical (unpaired) electrons. The van der Waals surface area contributed by atoms with E-state index >= 15 is 0 Å². The van der Waals surface area contributed by atoms with Gasteiger partial charge in [0.15, 0.2) is 0 Å². The zero-order valence-electron chi connectivity index (χ0n) is 14.4. The highest BCUT2D eigenvalue weighted by molar-refractivity contribution is 6.33. The SMILES string of the molecule is COc1ccc(C2CCCCN(C(=O)Nc3ccccc3Cl)C2)cc1. The van der Waals surface area contributed by atoms with E-state index in [-0.39, 0.29) is 6.03 Å². The van der Waals surface area contributed by atoms with Crippen LogP contribution in [-0.4, -0.2) is 31.1 Å². The van der Waals surface area contributed by atoms with Crippen LogP contribution in [0.25, 0.3) is 0 Å². The van der Waals surface area contributed by atoms with Crippen molar-refractivity contribution >= 4 is 23.3 Å². The number of likely N-dealkylation sites (tertiary alicyclic amines) is 1. The number of methoxy groups -OCH3 is 1. The third kappa shape index (κ3) is 4.45. The fourth-order valence-electron chi connectivity index (χ4n) is 3.23. The predicted octanol–water partition coefficient (Wildman–Crippen LogP) is 5.15. The number of nitrogens with zero attached hydrogens (tertiary/aromatic N) is 1. The van der Waals surface area contributed by atoms with Crippen LogP contribution >= 0.6 is 11.6 Å². The van der Waals surface area contributed by atoms with Crippen molar-refractivity contribution in [2.75, 3.05) is 25.5 Å². The first-order valence-corrected chi connectivity index (χ1v) is 8.99. The minimum Gasteiger partial charge on any atom is -0.497 e. The second-order valence-electron chi connectivity index (χ2n) is 6.32. The molecule has 3 rings (SSSR count). The Bertz CT molecular complexity index is 718. The maximum atomic E-state index is 12.7. The predicted molar refractivity (Wildman–Crippen MR) is 102 cm³/mol. The van der Waals surface area contributed by atoms with E-state index in [1.807, 2.05) is 35.2 Å². The van der Waals surface area contributed by atoms with E-state index in [1.165, 1.54) is 5.56 Å². The van der Waals surface area contributed by atoms with Crippen LogP contribution in [0.2, 0.25) is 5.02 Å². The summed E-state index contributed by atoms with van der Waals surface area (Å²) in [4.78, 5) is 14.6. The Kier molecular flexibility index (Phi) is 5.82. The van der Waals surface area contributed by atoms with Crippen molar-refractivity contribution < 1.29 is 9.53 Å². The normalized spacial score (nSPS) is 17.7. The van der Waals surface area contributed by atoms with Crippen LogP contribution in [0.15, 0.2) is 48.5 Å². The fourth-order valence-corrected chi connectivity index (χ4v) is 3.41. The van der Waals surface area contributed by atoms with E-state index < -0.39 is 0 Å². The van der Waals surface area contributed by atoms with Crippen molar-refractivity contribution in [3.63, 3.8) is 0 Å². The Morgan fingerprint density at radius 2 is 1.92 bits per heavy atom. The van der Waals surface area contributed by atoms with Crippen molar-refractivity contribution in [1.29, 1.82) is 0 Å². The second kappa shape index (κ2) is 8.26. The molecule has 1 heterocycles. The number of para-hydroxylation sites is 1. The standard InChI is InChI=1S/C20H23ClN2O2/c1-25-17-11-9-15(10-12-17)16-6-4-5-13-23(14-16)20(24)22-19-8-3-2-7-18(19)21/h2-3,7-12,16H,4-6,13-14H2,1H3,(H,22,24). The van der Waals surface area contributed by atoms with E-state index in [2.05, 4.69) is 17.4 Å². The van der Waals surface area contributed by atoms with Crippen molar-refractivity contribution in [3.05, 3.63) is 59.1 Å². The Labute approximate surface area is 153 Å². The van der Waals surface area contributed by atoms with Gasteiger partial charge < -0.3 is 15.0 Å². The molecule has 1 saturated heterocycles. The molecule has 1 aliphatic heterocycles. The highest BCUT2D eigenvalue weighted by atomic mass is 35.5. The third-order valence-corrected chi connectivity index (χ3v) is 4.99. The summed E-state index contributed by atoms with van der Waals surface area (Å²) < 4.78 is 5.23. The average molecular weight is 359 g/mol. The second-order valence-corrected chi connectivity index (χ2v) is 6.73. The van der Waals surface area contributed by atoms with Crippen molar-refractivity contribution in [3.8, 4) is 5.75 Å². The maximum absolute atomic E-state index is 12.7. The molecule has 25 heavy (non-hydrogen) atoms. The molecular formula is C20H23ClN2O2. The van der Waals surface area contributed by atoms with Gasteiger partial charge in [0.05, 0.1) is 17.8 Å². The Morgan fingerprint density at radius 3 is 2.64 bits per heavy atom. The molecule has 132 valence electrons. The Hall–Kier alpha value is -2.20. The quantitative estimate of drug-likeness (QED) is 0.824. The first-order chi connectivity index (χ1) is 12.2. The summed E-state index contributed by atoms with van der Waals surface area (Å²) in [6, 6.07) is 15.4. The summed E-state index contributed by atoms with van der Waals surface area (Å²) in [5, 5.41) is 3.49. The van der Waals surface area contributed by atoms with Crippen LogP contribution in [0.4, 0.5) is 10.5 Å². The minimum absolute atomic E-state index is 0.0893. The molecule has 2 aromatic carbocycles. The van der Waals surface area contributed by atoms with E-state index in [9.17, 15) is 4.79 Å². The van der Waals surface area contributed by atoms with E-state index in [0.717, 1.165) is 31.6 Å². The highest BCUT2D eigenvalue weighted by Gasteiger charge is 2.23. The van der Waals surface area contributed by atoms with E-state index in [1.54, 1.807) is 13.2 Å². The van der Waals surface area contributed by atoms with Gasteiger partial charge in [0.1, 0.15) is 5.75 Å². The third-order valence-electron chi connectivity index (χ3n) is 4.66. The fraction of sp³-hybridized carbons (Fsp3) is 0.350. The minimum atomic E-state index is -0.0893. The number of anilines is 1. The summed E-state index contributed by atoms with van der Waals surface area (Å²) in [5.74, 6) is 1.19. The lowest BCUT2D eigenvalue weighted by Gasteiger charge is -2.25. The van der Waals surface area contributed by atoms with Gasteiger partial charge >= 0.3 is 6.03 Å². The Morgan fingerprint density at radius 1 is 1.16 bits per heavy atom. The molecule has 5 heteroatoms. The summed E-state index contributed by atoms with van der Waals surface area (Å²) in [7, 11) is 1.67. The molecule has 0 aliphatic carbocycles. The number of carbonyl (C=O) groups is 1. The van der Waals surface area contributed by atoms with Crippen LogP contribution in [0.3, 0.4) is 0 Å². The number of urea groups is 1. The van der Waals surface area contributed by atoms with Gasteiger partial charge in [-0.25, -0.2) is 4.79 Å². The zero-order chi connectivity index (χ0) is 17.6. The van der Waals surface area contributed by atoms with Crippen LogP contribution in [0, 0.1) is 0 Å². The lowest BCUT2D eigenvalue weighted by atomic mass is 9.94. The number of amides is 2. The first kappa shape index (κ1) is 17.6. The number of rotatable bonds is 3. The van der Waals surface area contributed by atoms with Crippen LogP contribution in [0.5, 0.6) is 5.75 Å². The van der Waals surface area contributed by atoms with E-state index in [4.69, 9.17) is 16.3 Å². The first-order valence-electron chi connectivity index (χ1n) is 8.62. The van der Waals surface area contributed by atoms with E-state index in [0.29, 0.717) is 23.2 Å². The van der Waals surface area contributed by atoms with Crippen molar-refractivity contribution in [1.82, 2.24) is 4.90 Å². The van der Waals surface area contributed by atoms with Crippen molar-refractivity contribution in [2.45, 2.75) is 25.2 Å². The smallest absolute Gasteiger partial charge is 0.321 e. The molecule has 0 saturated carbocycles. The Balaban J connectivity index is 1.70. The molecule has 0 bridgehead atoms. The topological polar surface area (TPSA) is 41.6 Å². The van der Waals surface area contributed by atoms with Gasteiger partial charge in [0.2, 0.25) is 0 Å². The average Bonchev–Trinajstić information content (AvgIpc) is 2.90. The summed E-state index contributed by atoms with van der Waals surface area (Å²) in [6.45, 7) is 1.48. The largest absolute Gasteiger partial charge is 0.497 e.